The number of nitrogens with zero attached hydrogens (tertiary/aromatic N) is 2. The molecule has 21 heavy (non-hydrogen) atoms. The Labute approximate surface area is 120 Å². The van der Waals surface area contributed by atoms with Gasteiger partial charge in [-0.05, 0) is 18.9 Å². The Morgan fingerprint density at radius 1 is 1.57 bits per heavy atom. The number of aromatic nitrogens is 1. The van der Waals surface area contributed by atoms with Crippen LogP contribution in [-0.4, -0.2) is 41.8 Å². The quantitative estimate of drug-likeness (QED) is 0.582. The second-order valence-electron chi connectivity index (χ2n) is 4.72. The first-order valence-electron chi connectivity index (χ1n) is 6.21. The smallest absolute Gasteiger partial charge is 0.300 e. The van der Waals surface area contributed by atoms with Crippen LogP contribution in [0, 0.1) is 10.1 Å². The predicted octanol–water partition coefficient (Wildman–Crippen LogP) is -0.121. The Balaban J connectivity index is 2.14. The van der Waals surface area contributed by atoms with Crippen LogP contribution in [0.15, 0.2) is 12.3 Å². The van der Waals surface area contributed by atoms with E-state index in [0.29, 0.717) is 12.8 Å². The van der Waals surface area contributed by atoms with Crippen LogP contribution in [0.25, 0.3) is 0 Å². The molecule has 1 saturated heterocycles. The highest BCUT2D eigenvalue weighted by Crippen LogP contribution is 2.21. The number of carbonyl (C=O) groups is 1. The minimum absolute atomic E-state index is 0.0285. The van der Waals surface area contributed by atoms with E-state index in [4.69, 9.17) is 5.73 Å². The van der Waals surface area contributed by atoms with Gasteiger partial charge in [-0.2, -0.15) is 0 Å². The van der Waals surface area contributed by atoms with Crippen molar-refractivity contribution < 1.29 is 18.1 Å². The van der Waals surface area contributed by atoms with Gasteiger partial charge in [-0.3, -0.25) is 14.9 Å². The number of amides is 1. The third-order valence-corrected chi connectivity index (χ3v) is 5.57. The van der Waals surface area contributed by atoms with Gasteiger partial charge in [-0.1, -0.05) is 0 Å². The van der Waals surface area contributed by atoms with E-state index in [0.717, 1.165) is 12.3 Å². The van der Waals surface area contributed by atoms with Crippen molar-refractivity contribution in [3.05, 3.63) is 27.9 Å². The first-order valence-corrected chi connectivity index (χ1v) is 7.92. The summed E-state index contributed by atoms with van der Waals surface area (Å²) < 4.78 is 23.3. The molecule has 1 fully saturated rings. The lowest BCUT2D eigenvalue weighted by Crippen LogP contribution is -2.34. The third-order valence-electron chi connectivity index (χ3n) is 3.30. The van der Waals surface area contributed by atoms with Crippen molar-refractivity contribution in [2.24, 2.45) is 0 Å². The van der Waals surface area contributed by atoms with Gasteiger partial charge in [0.25, 0.3) is 11.6 Å². The lowest BCUT2D eigenvalue weighted by Gasteiger charge is -2.11. The number of sulfone groups is 1. The molecular weight excluding hydrogens is 300 g/mol. The molecule has 0 aliphatic carbocycles. The SMILES string of the molecule is Nc1cc(C(=O)NCC2CCCS2(=O)=O)c([N+](=O)[O-])cn1. The molecule has 1 atom stereocenters. The Kier molecular flexibility index (Phi) is 4.07. The maximum atomic E-state index is 12.0. The molecule has 9 nitrogen and oxygen atoms in total. The van der Waals surface area contributed by atoms with Gasteiger partial charge in [-0.25, -0.2) is 13.4 Å². The molecular formula is C11H14N4O5S. The highest BCUT2D eigenvalue weighted by molar-refractivity contribution is 7.92. The maximum Gasteiger partial charge on any atom is 0.300 e. The van der Waals surface area contributed by atoms with Crippen LogP contribution < -0.4 is 11.1 Å². The number of pyridine rings is 1. The Morgan fingerprint density at radius 2 is 2.29 bits per heavy atom. The molecule has 0 saturated carbocycles. The van der Waals surface area contributed by atoms with E-state index in [2.05, 4.69) is 10.3 Å². The van der Waals surface area contributed by atoms with Crippen molar-refractivity contribution in [2.75, 3.05) is 18.0 Å². The number of rotatable bonds is 4. The number of nitro groups is 1. The zero-order valence-electron chi connectivity index (χ0n) is 11.0. The fourth-order valence-electron chi connectivity index (χ4n) is 2.18. The molecule has 0 spiro atoms. The van der Waals surface area contributed by atoms with Gasteiger partial charge in [0.1, 0.15) is 17.6 Å². The summed E-state index contributed by atoms with van der Waals surface area (Å²) in [4.78, 5) is 25.7. The van der Waals surface area contributed by atoms with Crippen molar-refractivity contribution in [1.82, 2.24) is 10.3 Å². The van der Waals surface area contributed by atoms with Gasteiger partial charge < -0.3 is 11.1 Å². The van der Waals surface area contributed by atoms with Crippen molar-refractivity contribution in [3.63, 3.8) is 0 Å². The number of anilines is 1. The lowest BCUT2D eigenvalue weighted by atomic mass is 10.2. The summed E-state index contributed by atoms with van der Waals surface area (Å²) in [6, 6.07) is 1.09. The second-order valence-corrected chi connectivity index (χ2v) is 7.13. The maximum absolute atomic E-state index is 12.0. The van der Waals surface area contributed by atoms with Crippen LogP contribution in [0.1, 0.15) is 23.2 Å². The third kappa shape index (κ3) is 3.27. The Morgan fingerprint density at radius 3 is 2.86 bits per heavy atom. The van der Waals surface area contributed by atoms with E-state index < -0.39 is 31.6 Å². The first kappa shape index (κ1) is 15.2. The second kappa shape index (κ2) is 5.64. The Bertz CT molecular complexity index is 688. The van der Waals surface area contributed by atoms with Gasteiger partial charge >= 0.3 is 0 Å². The number of hydrogen-bond acceptors (Lipinski definition) is 7. The van der Waals surface area contributed by atoms with Crippen molar-refractivity contribution in [1.29, 1.82) is 0 Å². The van der Waals surface area contributed by atoms with Crippen molar-refractivity contribution in [2.45, 2.75) is 18.1 Å². The molecule has 3 N–H and O–H groups in total. The van der Waals surface area contributed by atoms with Gasteiger partial charge in [-0.15, -0.1) is 0 Å². The molecule has 0 bridgehead atoms. The van der Waals surface area contributed by atoms with E-state index in [1.54, 1.807) is 0 Å². The minimum atomic E-state index is -3.19. The van der Waals surface area contributed by atoms with Crippen LogP contribution in [0.3, 0.4) is 0 Å². The lowest BCUT2D eigenvalue weighted by molar-refractivity contribution is -0.385. The fraction of sp³-hybridized carbons (Fsp3) is 0.455. The monoisotopic (exact) mass is 314 g/mol. The van der Waals surface area contributed by atoms with Crippen LogP contribution in [0.4, 0.5) is 11.5 Å². The molecule has 2 rings (SSSR count). The molecule has 114 valence electrons. The predicted molar refractivity (Wildman–Crippen MR) is 74.4 cm³/mol. The van der Waals surface area contributed by atoms with Crippen molar-refractivity contribution in [3.8, 4) is 0 Å². The summed E-state index contributed by atoms with van der Waals surface area (Å²) in [6.45, 7) is -0.0689. The highest BCUT2D eigenvalue weighted by atomic mass is 32.2. The number of nitrogens with two attached hydrogens (primary N) is 1. The Hall–Kier alpha value is -2.23. The number of nitrogens with one attached hydrogen (secondary N) is 1. The molecule has 1 aromatic rings. The molecule has 1 aromatic heterocycles. The molecule has 10 heteroatoms. The summed E-state index contributed by atoms with van der Waals surface area (Å²) in [5.41, 5.74) is 4.71. The first-order chi connectivity index (χ1) is 9.81. The van der Waals surface area contributed by atoms with Gasteiger partial charge in [0.05, 0.1) is 15.9 Å². The van der Waals surface area contributed by atoms with Gasteiger partial charge in [0.15, 0.2) is 9.84 Å². The number of nitrogen functional groups attached to an aromatic ring is 1. The normalized spacial score (nSPS) is 20.1. The minimum Gasteiger partial charge on any atom is -0.384 e. The van der Waals surface area contributed by atoms with Crippen LogP contribution in [0.5, 0.6) is 0 Å². The summed E-state index contributed by atoms with van der Waals surface area (Å²) in [6.07, 6.45) is 1.94. The zero-order chi connectivity index (χ0) is 15.6. The molecule has 2 heterocycles. The van der Waals surface area contributed by atoms with Gasteiger partial charge in [0, 0.05) is 6.54 Å². The fourth-order valence-corrected chi connectivity index (χ4v) is 3.95. The number of carbonyl (C=O) groups excluding carboxylic acids is 1. The van der Waals surface area contributed by atoms with Gasteiger partial charge in [0.2, 0.25) is 0 Å². The van der Waals surface area contributed by atoms with Crippen molar-refractivity contribution >= 4 is 27.2 Å². The van der Waals surface area contributed by atoms with Crippen LogP contribution >= 0.6 is 0 Å². The summed E-state index contributed by atoms with van der Waals surface area (Å²) in [7, 11) is -3.19. The molecule has 0 radical (unpaired) electrons. The van der Waals surface area contributed by atoms with E-state index >= 15 is 0 Å². The van der Waals surface area contributed by atoms with E-state index in [-0.39, 0.29) is 23.7 Å². The van der Waals surface area contributed by atoms with Crippen LogP contribution in [-0.2, 0) is 9.84 Å². The summed E-state index contributed by atoms with van der Waals surface area (Å²) >= 11 is 0. The molecule has 0 aromatic carbocycles. The largest absolute Gasteiger partial charge is 0.384 e. The summed E-state index contributed by atoms with van der Waals surface area (Å²) in [5, 5.41) is 12.6. The molecule has 1 aliphatic heterocycles. The summed E-state index contributed by atoms with van der Waals surface area (Å²) in [5.74, 6) is -0.660. The molecule has 1 aliphatic rings. The highest BCUT2D eigenvalue weighted by Gasteiger charge is 2.32. The van der Waals surface area contributed by atoms with Crippen LogP contribution in [0.2, 0.25) is 0 Å². The standard InChI is InChI=1S/C11H14N4O5S/c12-10-4-8(9(6-13-10)15(17)18)11(16)14-5-7-2-1-3-21(7,19)20/h4,6-7H,1-3,5H2,(H2,12,13)(H,14,16). The zero-order valence-corrected chi connectivity index (χ0v) is 11.8. The van der Waals surface area contributed by atoms with E-state index in [9.17, 15) is 23.3 Å². The number of hydrogen-bond donors (Lipinski definition) is 2. The molecule has 1 amide bonds. The average molecular weight is 314 g/mol. The average Bonchev–Trinajstić information content (AvgIpc) is 2.74. The topological polar surface area (TPSA) is 145 Å². The van der Waals surface area contributed by atoms with E-state index in [1.165, 1.54) is 0 Å². The van der Waals surface area contributed by atoms with E-state index in [1.807, 2.05) is 0 Å². The molecule has 1 unspecified atom stereocenters.